The highest BCUT2D eigenvalue weighted by molar-refractivity contribution is 5.42. The number of nitrogen functional groups attached to an aromatic ring is 1. The Morgan fingerprint density at radius 1 is 1.33 bits per heavy atom. The van der Waals surface area contributed by atoms with Crippen LogP contribution in [0.15, 0.2) is 35.4 Å². The zero-order valence-electron chi connectivity index (χ0n) is 10.4. The number of aromatic nitrogens is 2. The van der Waals surface area contributed by atoms with Gasteiger partial charge in [-0.15, -0.1) is 0 Å². The van der Waals surface area contributed by atoms with Gasteiger partial charge in [0.25, 0.3) is 0 Å². The summed E-state index contributed by atoms with van der Waals surface area (Å²) in [6.45, 7) is 4.04. The van der Waals surface area contributed by atoms with Crippen LogP contribution in [-0.2, 0) is 6.54 Å². The Balaban J connectivity index is 2.35. The van der Waals surface area contributed by atoms with Crippen LogP contribution < -0.4 is 11.4 Å². The maximum atomic E-state index is 13.7. The molecule has 2 rings (SSSR count). The smallest absolute Gasteiger partial charge is 0.328 e. The number of nitrogens with zero attached hydrogens (tertiary/aromatic N) is 2. The fourth-order valence-electron chi connectivity index (χ4n) is 1.85. The van der Waals surface area contributed by atoms with E-state index in [1.165, 1.54) is 10.6 Å². The fourth-order valence-corrected chi connectivity index (χ4v) is 1.85. The van der Waals surface area contributed by atoms with Crippen LogP contribution in [0.2, 0.25) is 0 Å². The minimum atomic E-state index is -0.457. The van der Waals surface area contributed by atoms with Crippen LogP contribution >= 0.6 is 0 Å². The van der Waals surface area contributed by atoms with Gasteiger partial charge in [0.1, 0.15) is 0 Å². The highest BCUT2D eigenvalue weighted by Gasteiger charge is 2.10. The largest absolute Gasteiger partial charge is 0.396 e. The summed E-state index contributed by atoms with van der Waals surface area (Å²) in [5, 5.41) is 0. The molecule has 2 aromatic rings. The Bertz CT molecular complexity index is 613. The van der Waals surface area contributed by atoms with Crippen molar-refractivity contribution in [3.8, 4) is 0 Å². The van der Waals surface area contributed by atoms with Crippen LogP contribution in [0, 0.1) is 5.82 Å². The lowest BCUT2D eigenvalue weighted by atomic mass is 10.2. The number of benzene rings is 1. The molecule has 4 nitrogen and oxygen atoms in total. The van der Waals surface area contributed by atoms with Gasteiger partial charge in [-0.05, 0) is 19.9 Å². The van der Waals surface area contributed by atoms with Crippen molar-refractivity contribution in [2.75, 3.05) is 5.73 Å². The van der Waals surface area contributed by atoms with E-state index in [4.69, 9.17) is 5.73 Å². The number of imidazole rings is 1. The molecule has 0 saturated carbocycles. The second-order valence-electron chi connectivity index (χ2n) is 4.53. The molecule has 0 saturated heterocycles. The van der Waals surface area contributed by atoms with Crippen molar-refractivity contribution in [1.82, 2.24) is 9.13 Å². The molecule has 0 spiro atoms. The van der Waals surface area contributed by atoms with Gasteiger partial charge in [0.15, 0.2) is 5.82 Å². The molecule has 2 N–H and O–H groups in total. The van der Waals surface area contributed by atoms with Crippen LogP contribution in [0.4, 0.5) is 10.1 Å². The number of rotatable bonds is 3. The summed E-state index contributed by atoms with van der Waals surface area (Å²) >= 11 is 0. The Labute approximate surface area is 104 Å². The first-order chi connectivity index (χ1) is 8.50. The molecule has 5 heteroatoms. The third-order valence-electron chi connectivity index (χ3n) is 2.88. The third-order valence-corrected chi connectivity index (χ3v) is 2.88. The normalized spacial score (nSPS) is 11.1. The number of anilines is 1. The minimum Gasteiger partial charge on any atom is -0.396 e. The van der Waals surface area contributed by atoms with Crippen molar-refractivity contribution in [1.29, 1.82) is 0 Å². The molecule has 0 fully saturated rings. The molecule has 0 radical (unpaired) electrons. The Morgan fingerprint density at radius 2 is 2.06 bits per heavy atom. The Morgan fingerprint density at radius 3 is 2.67 bits per heavy atom. The summed E-state index contributed by atoms with van der Waals surface area (Å²) in [7, 11) is 0. The number of halogens is 1. The van der Waals surface area contributed by atoms with Crippen LogP contribution in [0.3, 0.4) is 0 Å². The summed E-state index contributed by atoms with van der Waals surface area (Å²) in [4.78, 5) is 12.0. The van der Waals surface area contributed by atoms with Crippen LogP contribution in [0.25, 0.3) is 0 Å². The van der Waals surface area contributed by atoms with E-state index in [1.54, 1.807) is 29.1 Å². The van der Waals surface area contributed by atoms with Gasteiger partial charge in [0, 0.05) is 24.0 Å². The standard InChI is InChI=1S/C13H16FN3O/c1-9(2)17-7-6-16(13(17)18)8-10-4-3-5-11(15)12(10)14/h3-7,9H,8,15H2,1-2H3. The van der Waals surface area contributed by atoms with Gasteiger partial charge in [0.2, 0.25) is 0 Å². The molecular weight excluding hydrogens is 233 g/mol. The van der Waals surface area contributed by atoms with E-state index in [2.05, 4.69) is 0 Å². The van der Waals surface area contributed by atoms with E-state index in [9.17, 15) is 9.18 Å². The number of hydrogen-bond donors (Lipinski definition) is 1. The third kappa shape index (κ3) is 2.16. The van der Waals surface area contributed by atoms with Gasteiger partial charge < -0.3 is 5.73 Å². The predicted octanol–water partition coefficient (Wildman–Crippen LogP) is 2.00. The second kappa shape index (κ2) is 4.68. The Hall–Kier alpha value is -2.04. The molecule has 0 bridgehead atoms. The average molecular weight is 249 g/mol. The highest BCUT2D eigenvalue weighted by atomic mass is 19.1. The molecule has 0 atom stereocenters. The quantitative estimate of drug-likeness (QED) is 0.846. The maximum Gasteiger partial charge on any atom is 0.328 e. The summed E-state index contributed by atoms with van der Waals surface area (Å²) < 4.78 is 16.8. The van der Waals surface area contributed by atoms with Crippen molar-refractivity contribution < 1.29 is 4.39 Å². The second-order valence-corrected chi connectivity index (χ2v) is 4.53. The molecule has 0 amide bonds. The lowest BCUT2D eigenvalue weighted by Crippen LogP contribution is -2.25. The first-order valence-corrected chi connectivity index (χ1v) is 5.81. The number of hydrogen-bond acceptors (Lipinski definition) is 2. The summed E-state index contributed by atoms with van der Waals surface area (Å²) in [5.74, 6) is -0.457. The molecule has 0 aliphatic carbocycles. The monoisotopic (exact) mass is 249 g/mol. The Kier molecular flexibility index (Phi) is 3.23. The summed E-state index contributed by atoms with van der Waals surface area (Å²) in [5.41, 5.74) is 5.87. The SMILES string of the molecule is CC(C)n1ccn(Cc2cccc(N)c2F)c1=O. The molecule has 1 aromatic heterocycles. The van der Waals surface area contributed by atoms with Gasteiger partial charge in [-0.25, -0.2) is 9.18 Å². The first-order valence-electron chi connectivity index (χ1n) is 5.81. The molecule has 0 unspecified atom stereocenters. The van der Waals surface area contributed by atoms with Crippen molar-refractivity contribution >= 4 is 5.69 Å². The van der Waals surface area contributed by atoms with Crippen LogP contribution in [0.1, 0.15) is 25.5 Å². The van der Waals surface area contributed by atoms with E-state index in [1.807, 2.05) is 13.8 Å². The number of nitrogens with two attached hydrogens (primary N) is 1. The van der Waals surface area contributed by atoms with Gasteiger partial charge >= 0.3 is 5.69 Å². The van der Waals surface area contributed by atoms with Crippen molar-refractivity contribution in [3.63, 3.8) is 0 Å². The highest BCUT2D eigenvalue weighted by Crippen LogP contribution is 2.15. The van der Waals surface area contributed by atoms with Gasteiger partial charge in [-0.3, -0.25) is 9.13 Å². The zero-order valence-corrected chi connectivity index (χ0v) is 10.4. The van der Waals surface area contributed by atoms with Crippen LogP contribution in [-0.4, -0.2) is 9.13 Å². The van der Waals surface area contributed by atoms with E-state index < -0.39 is 5.82 Å². The topological polar surface area (TPSA) is 52.9 Å². The zero-order chi connectivity index (χ0) is 13.3. The van der Waals surface area contributed by atoms with Crippen molar-refractivity contribution in [3.05, 3.63) is 52.5 Å². The van der Waals surface area contributed by atoms with Crippen molar-refractivity contribution in [2.45, 2.75) is 26.4 Å². The fraction of sp³-hybridized carbons (Fsp3) is 0.308. The minimum absolute atomic E-state index is 0.0874. The lowest BCUT2D eigenvalue weighted by molar-refractivity contribution is 0.554. The van der Waals surface area contributed by atoms with E-state index >= 15 is 0 Å². The van der Waals surface area contributed by atoms with Gasteiger partial charge in [0.05, 0.1) is 12.2 Å². The molecule has 1 aromatic carbocycles. The van der Waals surface area contributed by atoms with E-state index in [0.717, 1.165) is 0 Å². The molecule has 96 valence electrons. The maximum absolute atomic E-state index is 13.7. The lowest BCUT2D eigenvalue weighted by Gasteiger charge is -2.07. The summed E-state index contributed by atoms with van der Waals surface area (Å²) in [6.07, 6.45) is 3.36. The van der Waals surface area contributed by atoms with E-state index in [-0.39, 0.29) is 24.0 Å². The molecule has 1 heterocycles. The predicted molar refractivity (Wildman–Crippen MR) is 69.0 cm³/mol. The van der Waals surface area contributed by atoms with Crippen LogP contribution in [0.5, 0.6) is 0 Å². The average Bonchev–Trinajstić information content (AvgIpc) is 2.67. The van der Waals surface area contributed by atoms with Crippen molar-refractivity contribution in [2.24, 2.45) is 0 Å². The first kappa shape index (κ1) is 12.4. The molecular formula is C13H16FN3O. The molecule has 0 aliphatic rings. The molecule has 0 aliphatic heterocycles. The molecule has 18 heavy (non-hydrogen) atoms. The van der Waals surface area contributed by atoms with Gasteiger partial charge in [-0.2, -0.15) is 0 Å². The van der Waals surface area contributed by atoms with Gasteiger partial charge in [-0.1, -0.05) is 12.1 Å². The summed E-state index contributed by atoms with van der Waals surface area (Å²) in [6, 6.07) is 4.90. The van der Waals surface area contributed by atoms with E-state index in [0.29, 0.717) is 5.56 Å².